The number of likely N-dealkylation sites (tertiary alicyclic amines) is 3. The van der Waals surface area contributed by atoms with Gasteiger partial charge in [0.25, 0.3) is 10.1 Å². The van der Waals surface area contributed by atoms with Crippen LogP contribution in [-0.2, 0) is 74.3 Å². The first-order valence-electron chi connectivity index (χ1n) is 43.6. The van der Waals surface area contributed by atoms with Gasteiger partial charge in [-0.05, 0) is 199 Å². The van der Waals surface area contributed by atoms with E-state index >= 15 is 0 Å². The third-order valence-electron chi connectivity index (χ3n) is 21.1. The normalized spacial score (nSPS) is 18.0. The van der Waals surface area contributed by atoms with Crippen LogP contribution < -0.4 is 39.9 Å². The molecule has 1 amide bonds. The summed E-state index contributed by atoms with van der Waals surface area (Å²) in [5.74, 6) is 1.42. The molecule has 0 radical (unpaired) electrons. The molecule has 0 spiro atoms. The maximum Gasteiger partial charge on any atom is 0.410 e. The predicted octanol–water partition coefficient (Wildman–Crippen LogP) is 13.8. The Labute approximate surface area is 775 Å². The van der Waals surface area contributed by atoms with E-state index in [-0.39, 0.29) is 37.4 Å². The zero-order valence-corrected chi connectivity index (χ0v) is 80.0. The minimum atomic E-state index is -3.43. The van der Waals surface area contributed by atoms with Gasteiger partial charge in [0.05, 0.1) is 67.4 Å². The molecule has 5 atom stereocenters. The first-order valence-corrected chi connectivity index (χ1v) is 51.3. The Morgan fingerprint density at radius 1 is 0.488 bits per heavy atom. The average Bonchev–Trinajstić information content (AvgIpc) is 0.827. The summed E-state index contributed by atoms with van der Waals surface area (Å²) < 4.78 is 109. The molecule has 6 heterocycles. The zero-order valence-electron chi connectivity index (χ0n) is 76.0. The SMILES string of the molecule is C.CC(C)(C)OC(=O)N1CCN[C@@H](CN(c2ccccc2)S(C)(=O)=O)C1.CC(C)(O)c1cnc(Cl)nc1.CO.CS(=O)(=O)N(C[C@@H]1CCCN(Cc2ccccc2)C1)c1ccccc1.CS(=O)(=O)N(C[C@H]1CNCCN1)c1ccccc1.CS(=O)(=O)OC[C@@H]1CCCN(Cc2ccccc2)C1.Nc1ccccc1.c1ccc(CN2CCC[C@@H](CNc3ccccc3)C2)cc1. The third kappa shape index (κ3) is 43.6. The molecule has 5 saturated heterocycles. The number of hydrogen-bond donors (Lipinski definition) is 7. The van der Waals surface area contributed by atoms with Crippen LogP contribution in [0.1, 0.15) is 103 Å². The molecule has 8 N–H and O–H groups in total. The molecule has 708 valence electrons. The summed E-state index contributed by atoms with van der Waals surface area (Å²) in [6.45, 7) is 25.0. The van der Waals surface area contributed by atoms with E-state index in [9.17, 15) is 43.6 Å². The van der Waals surface area contributed by atoms with E-state index in [0.717, 1.165) is 128 Å². The van der Waals surface area contributed by atoms with Gasteiger partial charge in [-0.1, -0.05) is 189 Å². The van der Waals surface area contributed by atoms with E-state index in [2.05, 4.69) is 143 Å². The molecule has 1 aromatic heterocycles. The number of ether oxygens (including phenoxy) is 1. The number of nitrogen functional groups attached to an aromatic ring is 1. The van der Waals surface area contributed by atoms with Gasteiger partial charge in [-0.2, -0.15) is 8.42 Å². The van der Waals surface area contributed by atoms with Crippen LogP contribution in [0.15, 0.2) is 255 Å². The average molecular weight is 1880 g/mol. The molecule has 8 aromatic carbocycles. The summed E-state index contributed by atoms with van der Waals surface area (Å²) in [6, 6.07) is 79.2. The highest BCUT2D eigenvalue weighted by atomic mass is 35.5. The number of aromatic nitrogens is 2. The summed E-state index contributed by atoms with van der Waals surface area (Å²) in [6.07, 6.45) is 14.5. The Bertz CT molecular complexity index is 5040. The number of benzene rings is 8. The van der Waals surface area contributed by atoms with Gasteiger partial charge < -0.3 is 46.9 Å². The Morgan fingerprint density at radius 3 is 1.23 bits per heavy atom. The number of aliphatic hydroxyl groups is 2. The molecular weight excluding hydrogens is 1730 g/mol. The maximum absolute atomic E-state index is 12.3. The second kappa shape index (κ2) is 55.9. The number of amides is 1. The van der Waals surface area contributed by atoms with Crippen molar-refractivity contribution < 1.29 is 57.6 Å². The van der Waals surface area contributed by atoms with Gasteiger partial charge in [-0.3, -0.25) is 31.8 Å². The van der Waals surface area contributed by atoms with Crippen LogP contribution in [0.3, 0.4) is 0 Å². The largest absolute Gasteiger partial charge is 0.444 e. The quantitative estimate of drug-likeness (QED) is 0.0159. The molecule has 5 aliphatic heterocycles. The van der Waals surface area contributed by atoms with E-state index in [4.69, 9.17) is 31.4 Å². The molecule has 27 nitrogen and oxygen atoms in total. The van der Waals surface area contributed by atoms with Gasteiger partial charge in [0.1, 0.15) is 5.60 Å². The first-order chi connectivity index (χ1) is 61.0. The summed E-state index contributed by atoms with van der Waals surface area (Å²) >= 11 is 5.46. The van der Waals surface area contributed by atoms with E-state index in [1.165, 1.54) is 88.1 Å². The number of anilines is 5. The van der Waals surface area contributed by atoms with Gasteiger partial charge in [0.15, 0.2) is 0 Å². The topological polar surface area (TPSA) is 335 Å². The van der Waals surface area contributed by atoms with Gasteiger partial charge in [-0.25, -0.2) is 40.0 Å². The zero-order chi connectivity index (χ0) is 93.0. The fraction of sp³-hybridized carbons (Fsp3) is 0.454. The number of para-hydroxylation sites is 5. The second-order valence-electron chi connectivity index (χ2n) is 34.0. The van der Waals surface area contributed by atoms with Crippen LogP contribution in [0.5, 0.6) is 0 Å². The molecule has 32 heteroatoms. The number of sulfonamides is 3. The van der Waals surface area contributed by atoms with Crippen LogP contribution in [-0.4, -0.2) is 241 Å². The number of rotatable bonds is 25. The van der Waals surface area contributed by atoms with Crippen molar-refractivity contribution in [2.45, 2.75) is 123 Å². The predicted molar refractivity (Wildman–Crippen MR) is 527 cm³/mol. The molecular formula is C97H141ClN14O13S4. The number of carbonyl (C=O) groups is 1. The highest BCUT2D eigenvalue weighted by Crippen LogP contribution is 2.28. The molecule has 14 rings (SSSR count). The lowest BCUT2D eigenvalue weighted by Gasteiger charge is -2.37. The fourth-order valence-electron chi connectivity index (χ4n) is 15.0. The molecule has 9 aromatic rings. The van der Waals surface area contributed by atoms with Crippen LogP contribution in [0.25, 0.3) is 0 Å². The van der Waals surface area contributed by atoms with Crippen molar-refractivity contribution in [1.82, 2.24) is 45.5 Å². The van der Waals surface area contributed by atoms with Gasteiger partial charge >= 0.3 is 6.09 Å². The molecule has 0 bridgehead atoms. The lowest BCUT2D eigenvalue weighted by Crippen LogP contribution is -2.57. The summed E-state index contributed by atoms with van der Waals surface area (Å²) in [4.78, 5) is 28.8. The number of nitrogens with zero attached hydrogens (tertiary/aromatic N) is 9. The number of piperidine rings is 3. The van der Waals surface area contributed by atoms with Crippen molar-refractivity contribution in [3.63, 3.8) is 0 Å². The summed E-state index contributed by atoms with van der Waals surface area (Å²) in [7, 11) is -12.3. The van der Waals surface area contributed by atoms with Crippen LogP contribution in [0.2, 0.25) is 5.28 Å². The molecule has 129 heavy (non-hydrogen) atoms. The summed E-state index contributed by atoms with van der Waals surface area (Å²) in [5, 5.41) is 30.1. The smallest absolute Gasteiger partial charge is 0.410 e. The van der Waals surface area contributed by atoms with Gasteiger partial charge in [0.2, 0.25) is 35.4 Å². The maximum atomic E-state index is 12.3. The van der Waals surface area contributed by atoms with Crippen molar-refractivity contribution in [2.75, 3.05) is 167 Å². The van der Waals surface area contributed by atoms with E-state index in [1.807, 2.05) is 142 Å². The number of hydrogen-bond acceptors (Lipinski definition) is 23. The van der Waals surface area contributed by atoms with E-state index in [0.29, 0.717) is 68.1 Å². The second-order valence-corrected chi connectivity index (χ2v) is 41.7. The van der Waals surface area contributed by atoms with E-state index < -0.39 is 51.4 Å². The number of nitrogens with two attached hydrogens (primary N) is 1. The lowest BCUT2D eigenvalue weighted by atomic mass is 9.97. The van der Waals surface area contributed by atoms with Crippen LogP contribution >= 0.6 is 11.6 Å². The minimum Gasteiger partial charge on any atom is -0.444 e. The molecule has 0 aliphatic carbocycles. The van der Waals surface area contributed by atoms with Crippen molar-refractivity contribution in [2.24, 2.45) is 17.8 Å². The van der Waals surface area contributed by atoms with Crippen molar-refractivity contribution >= 4 is 86.3 Å². The van der Waals surface area contributed by atoms with Crippen molar-refractivity contribution in [3.05, 3.63) is 283 Å². The first kappa shape index (κ1) is 109. The molecule has 0 unspecified atom stereocenters. The molecule has 5 fully saturated rings. The number of piperazine rings is 2. The Hall–Kier alpha value is -9.16. The minimum absolute atomic E-state index is 0. The van der Waals surface area contributed by atoms with Crippen LogP contribution in [0, 0.1) is 17.8 Å². The highest BCUT2D eigenvalue weighted by molar-refractivity contribution is 7.92. The van der Waals surface area contributed by atoms with Crippen molar-refractivity contribution in [1.29, 1.82) is 0 Å². The Morgan fingerprint density at radius 2 is 0.853 bits per heavy atom. The highest BCUT2D eigenvalue weighted by Gasteiger charge is 2.32. The molecule has 0 saturated carbocycles. The van der Waals surface area contributed by atoms with Gasteiger partial charge in [-0.15, -0.1) is 0 Å². The number of aliphatic hydroxyl groups excluding tert-OH is 1. The van der Waals surface area contributed by atoms with Crippen molar-refractivity contribution in [3.8, 4) is 0 Å². The van der Waals surface area contributed by atoms with Crippen LogP contribution in [0.4, 0.5) is 33.2 Å². The standard InChI is InChI=1S/C20H26N2O2S.C19H24N2.C17H27N3O4S.C14H21NO3S.C12H19N3O2S.C7H9ClN2O.C6H7N.CH4O.CH4/c1-25(23,24)22(20-12-6-3-7-13-20)17-19-11-8-14-21(16-19)15-18-9-4-2-5-10-18;1-3-8-17(9-4-1)15-21-13-7-10-18(16-21)14-20-19-11-5-2-6-12-19;1-17(2,3)24-16(21)19-11-10-18-14(12-19)13-20(25(4,22)23)15-8-6-5-7-9-15;1-19(16,17)18-12-14-8-5-9-15(11-14)10-13-6-3-2-4-7-13;1-18(16,17)15(12-5-3-2-4-6-12)10-11-9-13-7-8-14-11;1-7(2,11)5-3-9-6(8)10-4-5;7-6-4-2-1-3-5-6;1-2;/h2-7,9-10,12-13,19H,8,11,14-17H2,1H3;1-6,8-9,11-12,18,20H,7,10,13-16H2;5-9,14,18H,10-13H2,1-4H3;2-4,6-7,14H,5,8-12H2,1H3;2-6,11,13-14H,7-10H2,1H3;3-4,11H,1-2H3;1-5H,7H2;2H,1H3;1H4/t19-;18-;2*14-;11-;;;;/m10111..../s1. The fourth-order valence-corrected chi connectivity index (χ4v) is 18.4. The summed E-state index contributed by atoms with van der Waals surface area (Å²) in [5.41, 5.74) is 12.7. The Kier molecular flexibility index (Phi) is 47.0. The molecule has 5 aliphatic rings. The lowest BCUT2D eigenvalue weighted by molar-refractivity contribution is 0.0198. The number of carbonyl (C=O) groups excluding carboxylic acids is 1. The third-order valence-corrected chi connectivity index (χ3v) is 25.4. The van der Waals surface area contributed by atoms with E-state index in [1.54, 1.807) is 47.3 Å². The monoisotopic (exact) mass is 1870 g/mol. The van der Waals surface area contributed by atoms with Gasteiger partial charge in [0, 0.05) is 140 Å². The number of nitrogens with one attached hydrogen (secondary N) is 4. The number of halogens is 1. The Balaban J connectivity index is 0.000000236.